The third-order valence-corrected chi connectivity index (χ3v) is 1.17. The summed E-state index contributed by atoms with van der Waals surface area (Å²) in [6.45, 7) is 3.42. The predicted octanol–water partition coefficient (Wildman–Crippen LogP) is 0.108. The minimum atomic E-state index is 0.216. The third-order valence-electron chi connectivity index (χ3n) is 0.704. The zero-order valence-electron chi connectivity index (χ0n) is 5.05. The Morgan fingerprint density at radius 1 is 1.50 bits per heavy atom. The van der Waals surface area contributed by atoms with Crippen LogP contribution in [0.2, 0.25) is 0 Å². The highest BCUT2D eigenvalue weighted by atomic mass is 28.2. The van der Waals surface area contributed by atoms with Gasteiger partial charge in [0.2, 0.25) is 0 Å². The van der Waals surface area contributed by atoms with Crippen molar-refractivity contribution in [3.63, 3.8) is 0 Å². The normalized spacial score (nSPS) is 9.90. The Morgan fingerprint density at radius 3 is 2.40 bits per heavy atom. The molecule has 0 aromatic rings. The molecule has 0 aromatic carbocycles. The molecule has 0 heterocycles. The maximum Gasteiger partial charge on any atom is 0.341 e. The minimum absolute atomic E-state index is 0.216. The van der Waals surface area contributed by atoms with Crippen LogP contribution in [0.4, 0.5) is 0 Å². The van der Waals surface area contributed by atoms with Gasteiger partial charge in [0.05, 0.1) is 12.1 Å². The molecule has 0 saturated heterocycles. The van der Waals surface area contributed by atoms with Gasteiger partial charge in [-0.1, -0.05) is 6.58 Å². The van der Waals surface area contributed by atoms with E-state index in [4.69, 9.17) is 5.26 Å². The summed E-state index contributed by atoms with van der Waals surface area (Å²) in [4.78, 5) is 0. The summed E-state index contributed by atoms with van der Waals surface area (Å²) in [7, 11) is 5.44. The molecule has 6 radical (unpaired) electrons. The molecule has 0 aromatic heterocycles. The standard InChI is InChI=1S/C5H3NO2Si2/c1-4(7-9)5(8-10)2-3-6/h2H,1H2. The molecule has 0 rings (SSSR count). The topological polar surface area (TPSA) is 42.2 Å². The Hall–Kier alpha value is -0.996. The van der Waals surface area contributed by atoms with Crippen LogP contribution in [0.25, 0.3) is 0 Å². The van der Waals surface area contributed by atoms with Crippen molar-refractivity contribution >= 4 is 21.0 Å². The smallest absolute Gasteiger partial charge is 0.341 e. The van der Waals surface area contributed by atoms with Gasteiger partial charge in [-0.25, -0.2) is 0 Å². The van der Waals surface area contributed by atoms with E-state index in [1.807, 2.05) is 0 Å². The summed E-state index contributed by atoms with van der Waals surface area (Å²) >= 11 is 0. The van der Waals surface area contributed by atoms with Gasteiger partial charge in [0, 0.05) is 0 Å². The number of nitriles is 1. The molecule has 0 fully saturated rings. The molecule has 48 valence electrons. The highest BCUT2D eigenvalue weighted by molar-refractivity contribution is 6.00. The maximum absolute atomic E-state index is 8.17. The van der Waals surface area contributed by atoms with Crippen molar-refractivity contribution in [1.82, 2.24) is 0 Å². The monoisotopic (exact) mass is 165 g/mol. The highest BCUT2D eigenvalue weighted by Crippen LogP contribution is 2.06. The lowest BCUT2D eigenvalue weighted by molar-refractivity contribution is 0.388. The molecular formula is C5H3NO2Si2. The van der Waals surface area contributed by atoms with E-state index in [0.717, 1.165) is 6.08 Å². The van der Waals surface area contributed by atoms with E-state index in [0.29, 0.717) is 0 Å². The molecule has 0 atom stereocenters. The Balaban J connectivity index is 4.24. The predicted molar refractivity (Wildman–Crippen MR) is 36.5 cm³/mol. The average molecular weight is 165 g/mol. The molecule has 3 nitrogen and oxygen atoms in total. The largest absolute Gasteiger partial charge is 0.538 e. The van der Waals surface area contributed by atoms with E-state index in [2.05, 4.69) is 36.4 Å². The summed E-state index contributed by atoms with van der Waals surface area (Å²) in [6, 6.07) is 1.75. The molecule has 5 heteroatoms. The first-order chi connectivity index (χ1) is 4.76. The third kappa shape index (κ3) is 2.52. The van der Waals surface area contributed by atoms with Crippen molar-refractivity contribution in [2.75, 3.05) is 0 Å². The summed E-state index contributed by atoms with van der Waals surface area (Å²) in [5.41, 5.74) is 0. The van der Waals surface area contributed by atoms with E-state index < -0.39 is 0 Å². The van der Waals surface area contributed by atoms with Crippen LogP contribution in [0.5, 0.6) is 0 Å². The second-order valence-electron chi connectivity index (χ2n) is 1.26. The van der Waals surface area contributed by atoms with Gasteiger partial charge in [-0.15, -0.1) is 0 Å². The van der Waals surface area contributed by atoms with Crippen molar-refractivity contribution < 1.29 is 8.85 Å². The number of allylic oxidation sites excluding steroid dienone is 1. The molecule has 10 heavy (non-hydrogen) atoms. The number of rotatable bonds is 3. The highest BCUT2D eigenvalue weighted by Gasteiger charge is 1.99. The fourth-order valence-electron chi connectivity index (χ4n) is 0.276. The van der Waals surface area contributed by atoms with Crippen molar-refractivity contribution in [1.29, 1.82) is 5.26 Å². The van der Waals surface area contributed by atoms with Crippen LogP contribution in [0, 0.1) is 11.3 Å². The number of nitrogens with zero attached hydrogens (tertiary/aromatic N) is 1. The molecule has 0 aliphatic carbocycles. The van der Waals surface area contributed by atoms with Crippen LogP contribution in [-0.4, -0.2) is 21.0 Å². The summed E-state index contributed by atoms with van der Waals surface area (Å²) in [6.07, 6.45) is 1.15. The van der Waals surface area contributed by atoms with Gasteiger partial charge in [0.15, 0.2) is 5.76 Å². The quantitative estimate of drug-likeness (QED) is 0.258. The lowest BCUT2D eigenvalue weighted by atomic mass is 10.4. The maximum atomic E-state index is 8.17. The van der Waals surface area contributed by atoms with Gasteiger partial charge in [-0.3, -0.25) is 0 Å². The Morgan fingerprint density at radius 2 is 2.10 bits per heavy atom. The number of hydrogen-bond donors (Lipinski definition) is 0. The Kier molecular flexibility index (Phi) is 4.36. The van der Waals surface area contributed by atoms with E-state index in [9.17, 15) is 0 Å². The van der Waals surface area contributed by atoms with E-state index in [-0.39, 0.29) is 11.5 Å². The van der Waals surface area contributed by atoms with E-state index >= 15 is 0 Å². The van der Waals surface area contributed by atoms with Gasteiger partial charge in [-0.2, -0.15) is 5.26 Å². The Bertz CT molecular complexity index is 194. The second kappa shape index (κ2) is 4.84. The van der Waals surface area contributed by atoms with Gasteiger partial charge < -0.3 is 8.85 Å². The second-order valence-corrected chi connectivity index (χ2v) is 1.67. The fraction of sp³-hybridized carbons (Fsp3) is 0. The molecular weight excluding hydrogens is 162 g/mol. The van der Waals surface area contributed by atoms with E-state index in [1.165, 1.54) is 0 Å². The van der Waals surface area contributed by atoms with Gasteiger partial charge in [0.25, 0.3) is 0 Å². The molecule has 0 N–H and O–H groups in total. The summed E-state index contributed by atoms with van der Waals surface area (Å²) in [5, 5.41) is 8.17. The van der Waals surface area contributed by atoms with Gasteiger partial charge in [0.1, 0.15) is 5.76 Å². The molecule has 0 aliphatic heterocycles. The van der Waals surface area contributed by atoms with Crippen LogP contribution in [0.15, 0.2) is 24.2 Å². The summed E-state index contributed by atoms with van der Waals surface area (Å²) in [5.74, 6) is 0.433. The Labute approximate surface area is 66.0 Å². The molecule has 0 amide bonds. The first-order valence-electron chi connectivity index (χ1n) is 2.22. The lowest BCUT2D eigenvalue weighted by Gasteiger charge is -2.05. The minimum Gasteiger partial charge on any atom is -0.538 e. The van der Waals surface area contributed by atoms with Crippen LogP contribution in [0.1, 0.15) is 0 Å². The van der Waals surface area contributed by atoms with Crippen molar-refractivity contribution in [2.45, 2.75) is 0 Å². The van der Waals surface area contributed by atoms with Crippen molar-refractivity contribution in [3.8, 4) is 6.07 Å². The van der Waals surface area contributed by atoms with Crippen molar-refractivity contribution in [3.05, 3.63) is 24.2 Å². The van der Waals surface area contributed by atoms with Crippen LogP contribution in [-0.2, 0) is 8.85 Å². The van der Waals surface area contributed by atoms with Crippen molar-refractivity contribution in [2.24, 2.45) is 0 Å². The molecule has 0 aliphatic rings. The molecule has 0 saturated carbocycles. The zero-order chi connectivity index (χ0) is 7.98. The fourth-order valence-corrected chi connectivity index (χ4v) is 0.549. The lowest BCUT2D eigenvalue weighted by Crippen LogP contribution is -1.94. The molecule has 0 unspecified atom stereocenters. The summed E-state index contributed by atoms with van der Waals surface area (Å²) < 4.78 is 9.02. The van der Waals surface area contributed by atoms with Crippen LogP contribution < -0.4 is 0 Å². The average Bonchev–Trinajstić information content (AvgIpc) is 1.99. The van der Waals surface area contributed by atoms with Gasteiger partial charge in [-0.05, 0) is 0 Å². The zero-order valence-corrected chi connectivity index (χ0v) is 7.05. The van der Waals surface area contributed by atoms with Crippen LogP contribution in [0.3, 0.4) is 0 Å². The van der Waals surface area contributed by atoms with Crippen LogP contribution >= 0.6 is 0 Å². The SMILES string of the molecule is C=C(O[Si])C(=CC#N)O[Si]. The molecule has 0 bridgehead atoms. The first kappa shape index (κ1) is 9.00. The molecule has 0 spiro atoms. The number of hydrogen-bond acceptors (Lipinski definition) is 3. The van der Waals surface area contributed by atoms with Gasteiger partial charge >= 0.3 is 21.0 Å². The van der Waals surface area contributed by atoms with E-state index in [1.54, 1.807) is 6.07 Å². The first-order valence-corrected chi connectivity index (χ1v) is 3.04.